The van der Waals surface area contributed by atoms with Crippen LogP contribution in [0.5, 0.6) is 0 Å². The summed E-state index contributed by atoms with van der Waals surface area (Å²) in [5.41, 5.74) is 4.79. The molecule has 1 aromatic heterocycles. The molecule has 0 fully saturated rings. The molecule has 0 unspecified atom stereocenters. The molecule has 0 amide bonds. The van der Waals surface area contributed by atoms with Gasteiger partial charge in [0.25, 0.3) is 0 Å². The van der Waals surface area contributed by atoms with Crippen molar-refractivity contribution in [1.82, 2.24) is 20.4 Å². The Hall–Kier alpha value is -2.30. The maximum atomic E-state index is 4.66. The zero-order chi connectivity index (χ0) is 17.4. The van der Waals surface area contributed by atoms with Crippen LogP contribution in [0.3, 0.4) is 0 Å². The van der Waals surface area contributed by atoms with Crippen molar-refractivity contribution < 1.29 is 0 Å². The van der Waals surface area contributed by atoms with E-state index in [0.717, 1.165) is 37.7 Å². The van der Waals surface area contributed by atoms with E-state index in [1.165, 1.54) is 16.8 Å². The summed E-state index contributed by atoms with van der Waals surface area (Å²) in [5.74, 6) is 0.868. The molecule has 24 heavy (non-hydrogen) atoms. The lowest BCUT2D eigenvalue weighted by atomic mass is 10.1. The fraction of sp³-hybridized carbons (Fsp3) is 0.474. The number of benzene rings is 1. The normalized spacial score (nSPS) is 11.6. The first-order valence-electron chi connectivity index (χ1n) is 8.67. The van der Waals surface area contributed by atoms with Gasteiger partial charge in [-0.05, 0) is 45.7 Å². The quantitative estimate of drug-likeness (QED) is 0.467. The average Bonchev–Trinajstić information content (AvgIpc) is 2.87. The Balaban J connectivity index is 1.82. The van der Waals surface area contributed by atoms with Crippen molar-refractivity contribution in [1.29, 1.82) is 0 Å². The number of aliphatic imine (C=N–C) groups is 1. The van der Waals surface area contributed by atoms with Crippen LogP contribution >= 0.6 is 0 Å². The molecule has 0 saturated heterocycles. The van der Waals surface area contributed by atoms with Gasteiger partial charge in [-0.15, -0.1) is 0 Å². The Bertz CT molecular complexity index is 672. The summed E-state index contributed by atoms with van der Waals surface area (Å²) in [6, 6.07) is 10.6. The molecular weight excluding hydrogens is 298 g/mol. The number of nitrogens with one attached hydrogen (secondary N) is 2. The topological polar surface area (TPSA) is 54.2 Å². The minimum Gasteiger partial charge on any atom is -0.357 e. The smallest absolute Gasteiger partial charge is 0.191 e. The van der Waals surface area contributed by atoms with Crippen molar-refractivity contribution >= 4 is 5.96 Å². The van der Waals surface area contributed by atoms with Crippen molar-refractivity contribution in [2.24, 2.45) is 4.99 Å². The molecule has 0 atom stereocenters. The molecule has 1 heterocycles. The second kappa shape index (κ2) is 9.11. The maximum absolute atomic E-state index is 4.66. The summed E-state index contributed by atoms with van der Waals surface area (Å²) in [4.78, 5) is 4.66. The highest BCUT2D eigenvalue weighted by Gasteiger charge is 2.01. The third-order valence-corrected chi connectivity index (χ3v) is 3.79. The summed E-state index contributed by atoms with van der Waals surface area (Å²) < 4.78 is 2.06. The summed E-state index contributed by atoms with van der Waals surface area (Å²) in [6.45, 7) is 11.7. The molecule has 5 heteroatoms. The average molecular weight is 327 g/mol. The van der Waals surface area contributed by atoms with Crippen LogP contribution in [0.15, 0.2) is 35.3 Å². The lowest BCUT2D eigenvalue weighted by Gasteiger charge is -2.12. The van der Waals surface area contributed by atoms with Gasteiger partial charge in [0.05, 0.1) is 12.2 Å². The van der Waals surface area contributed by atoms with Crippen LogP contribution in [0.1, 0.15) is 35.9 Å². The van der Waals surface area contributed by atoms with Crippen LogP contribution in [0.4, 0.5) is 0 Å². The van der Waals surface area contributed by atoms with Gasteiger partial charge in [-0.2, -0.15) is 5.10 Å². The SMILES string of the molecule is CCNC(=NCc1cccc(C)c1)NCCCn1nc(C)cc1C. The Kier molecular flexibility index (Phi) is 6.85. The lowest BCUT2D eigenvalue weighted by molar-refractivity contribution is 0.555. The molecular formula is C19H29N5. The van der Waals surface area contributed by atoms with Crippen molar-refractivity contribution in [2.45, 2.75) is 47.2 Å². The van der Waals surface area contributed by atoms with Gasteiger partial charge < -0.3 is 10.6 Å². The standard InChI is InChI=1S/C19H29N5/c1-5-20-19(22-14-18-9-6-8-15(2)12-18)21-10-7-11-24-17(4)13-16(3)23-24/h6,8-9,12-13H,5,7,10-11,14H2,1-4H3,(H2,20,21,22). The zero-order valence-corrected chi connectivity index (χ0v) is 15.3. The van der Waals surface area contributed by atoms with Gasteiger partial charge in [0.1, 0.15) is 0 Å². The molecule has 0 bridgehead atoms. The molecule has 2 N–H and O–H groups in total. The highest BCUT2D eigenvalue weighted by atomic mass is 15.3. The van der Waals surface area contributed by atoms with Gasteiger partial charge in [-0.25, -0.2) is 4.99 Å². The zero-order valence-electron chi connectivity index (χ0n) is 15.3. The molecule has 130 valence electrons. The second-order valence-corrected chi connectivity index (χ2v) is 6.11. The van der Waals surface area contributed by atoms with Crippen LogP contribution in [0.25, 0.3) is 0 Å². The van der Waals surface area contributed by atoms with E-state index in [1.54, 1.807) is 0 Å². The first-order chi connectivity index (χ1) is 11.6. The number of hydrogen-bond acceptors (Lipinski definition) is 2. The largest absolute Gasteiger partial charge is 0.357 e. The van der Waals surface area contributed by atoms with Gasteiger partial charge in [-0.3, -0.25) is 4.68 Å². The predicted molar refractivity (Wildman–Crippen MR) is 100 cm³/mol. The first-order valence-corrected chi connectivity index (χ1v) is 8.67. The van der Waals surface area contributed by atoms with Crippen molar-refractivity contribution in [2.75, 3.05) is 13.1 Å². The molecule has 2 rings (SSSR count). The molecule has 0 aliphatic carbocycles. The van der Waals surface area contributed by atoms with Gasteiger partial charge >= 0.3 is 0 Å². The molecule has 2 aromatic rings. The maximum Gasteiger partial charge on any atom is 0.191 e. The van der Waals surface area contributed by atoms with Crippen LogP contribution in [0.2, 0.25) is 0 Å². The Morgan fingerprint density at radius 1 is 1.17 bits per heavy atom. The molecule has 0 aliphatic heterocycles. The summed E-state index contributed by atoms with van der Waals surface area (Å²) in [5, 5.41) is 11.2. The summed E-state index contributed by atoms with van der Waals surface area (Å²) in [7, 11) is 0. The fourth-order valence-corrected chi connectivity index (χ4v) is 2.66. The van der Waals surface area contributed by atoms with E-state index >= 15 is 0 Å². The fourth-order valence-electron chi connectivity index (χ4n) is 2.66. The minimum atomic E-state index is 0.689. The predicted octanol–water partition coefficient (Wildman–Crippen LogP) is 2.95. The third kappa shape index (κ3) is 5.72. The van der Waals surface area contributed by atoms with Crippen LogP contribution in [-0.2, 0) is 13.1 Å². The summed E-state index contributed by atoms with van der Waals surface area (Å²) in [6.07, 6.45) is 1.01. The van der Waals surface area contributed by atoms with E-state index in [1.807, 2.05) is 6.92 Å². The lowest BCUT2D eigenvalue weighted by Crippen LogP contribution is -2.38. The molecule has 1 aromatic carbocycles. The molecule has 0 radical (unpaired) electrons. The van der Waals surface area contributed by atoms with Gasteiger partial charge in [0.2, 0.25) is 0 Å². The van der Waals surface area contributed by atoms with E-state index in [9.17, 15) is 0 Å². The molecule has 5 nitrogen and oxygen atoms in total. The van der Waals surface area contributed by atoms with E-state index in [4.69, 9.17) is 0 Å². The summed E-state index contributed by atoms with van der Waals surface area (Å²) >= 11 is 0. The Labute approximate surface area is 145 Å². The van der Waals surface area contributed by atoms with Crippen LogP contribution in [-0.4, -0.2) is 28.8 Å². The highest BCUT2D eigenvalue weighted by Crippen LogP contribution is 2.05. The number of aromatic nitrogens is 2. The van der Waals surface area contributed by atoms with E-state index in [0.29, 0.717) is 6.54 Å². The van der Waals surface area contributed by atoms with Gasteiger partial charge in [0.15, 0.2) is 5.96 Å². The second-order valence-electron chi connectivity index (χ2n) is 6.11. The molecule has 0 spiro atoms. The van der Waals surface area contributed by atoms with Crippen LogP contribution < -0.4 is 10.6 Å². The number of aryl methyl sites for hydroxylation is 4. The number of hydrogen-bond donors (Lipinski definition) is 2. The monoisotopic (exact) mass is 327 g/mol. The number of nitrogens with zero attached hydrogens (tertiary/aromatic N) is 3. The first kappa shape index (κ1) is 18.0. The van der Waals surface area contributed by atoms with Crippen LogP contribution in [0, 0.1) is 20.8 Å². The van der Waals surface area contributed by atoms with Crippen molar-refractivity contribution in [3.8, 4) is 0 Å². The number of rotatable bonds is 7. The van der Waals surface area contributed by atoms with Gasteiger partial charge in [0, 0.05) is 25.3 Å². The number of guanidine groups is 1. The van der Waals surface area contributed by atoms with E-state index < -0.39 is 0 Å². The van der Waals surface area contributed by atoms with Crippen molar-refractivity contribution in [3.63, 3.8) is 0 Å². The van der Waals surface area contributed by atoms with E-state index in [2.05, 4.69) is 76.5 Å². The minimum absolute atomic E-state index is 0.689. The highest BCUT2D eigenvalue weighted by molar-refractivity contribution is 5.79. The van der Waals surface area contributed by atoms with Gasteiger partial charge in [-0.1, -0.05) is 29.8 Å². The molecule has 0 aliphatic rings. The Morgan fingerprint density at radius 3 is 2.67 bits per heavy atom. The Morgan fingerprint density at radius 2 is 2.00 bits per heavy atom. The van der Waals surface area contributed by atoms with E-state index in [-0.39, 0.29) is 0 Å². The molecule has 0 saturated carbocycles. The van der Waals surface area contributed by atoms with Crippen molar-refractivity contribution in [3.05, 3.63) is 52.8 Å². The third-order valence-electron chi connectivity index (χ3n) is 3.79.